The molecular formula is C13H17N3O2. The molecule has 0 aliphatic carbocycles. The van der Waals surface area contributed by atoms with Crippen molar-refractivity contribution in [2.24, 2.45) is 0 Å². The summed E-state index contributed by atoms with van der Waals surface area (Å²) < 4.78 is 11.0. The summed E-state index contributed by atoms with van der Waals surface area (Å²) in [6.45, 7) is 4.96. The normalized spacial score (nSPS) is 11.1. The SMILES string of the molecule is CC(C)OCCOc1ncnc2ccc(N)cc12. The van der Waals surface area contributed by atoms with Gasteiger partial charge in [-0.25, -0.2) is 9.97 Å². The second-order valence-corrected chi connectivity index (χ2v) is 4.22. The Bertz CT molecular complexity index is 529. The molecular weight excluding hydrogens is 230 g/mol. The molecule has 0 saturated heterocycles. The van der Waals surface area contributed by atoms with E-state index in [1.807, 2.05) is 26.0 Å². The highest BCUT2D eigenvalue weighted by molar-refractivity contribution is 5.86. The van der Waals surface area contributed by atoms with Crippen LogP contribution in [0.1, 0.15) is 13.8 Å². The summed E-state index contributed by atoms with van der Waals surface area (Å²) in [7, 11) is 0. The molecule has 1 aromatic carbocycles. The first-order valence-corrected chi connectivity index (χ1v) is 5.91. The van der Waals surface area contributed by atoms with Crippen molar-refractivity contribution in [3.05, 3.63) is 24.5 Å². The van der Waals surface area contributed by atoms with Crippen LogP contribution in [0.3, 0.4) is 0 Å². The number of hydrogen-bond donors (Lipinski definition) is 1. The van der Waals surface area contributed by atoms with E-state index in [1.165, 1.54) is 6.33 Å². The number of rotatable bonds is 5. The van der Waals surface area contributed by atoms with E-state index in [2.05, 4.69) is 9.97 Å². The zero-order chi connectivity index (χ0) is 13.0. The molecule has 5 nitrogen and oxygen atoms in total. The molecule has 0 atom stereocenters. The van der Waals surface area contributed by atoms with Gasteiger partial charge in [-0.3, -0.25) is 0 Å². The van der Waals surface area contributed by atoms with E-state index in [9.17, 15) is 0 Å². The van der Waals surface area contributed by atoms with Gasteiger partial charge in [-0.1, -0.05) is 0 Å². The standard InChI is InChI=1S/C13H17N3O2/c1-9(2)17-5-6-18-13-11-7-10(14)3-4-12(11)15-8-16-13/h3-4,7-9H,5-6,14H2,1-2H3. The van der Waals surface area contributed by atoms with E-state index in [-0.39, 0.29) is 6.10 Å². The Labute approximate surface area is 106 Å². The third-order valence-electron chi connectivity index (χ3n) is 2.40. The summed E-state index contributed by atoms with van der Waals surface area (Å²) in [6.07, 6.45) is 1.68. The van der Waals surface area contributed by atoms with Crippen molar-refractivity contribution in [2.45, 2.75) is 20.0 Å². The van der Waals surface area contributed by atoms with E-state index >= 15 is 0 Å². The molecule has 5 heteroatoms. The van der Waals surface area contributed by atoms with Crippen LogP contribution in [0.5, 0.6) is 5.88 Å². The van der Waals surface area contributed by atoms with Crippen molar-refractivity contribution >= 4 is 16.6 Å². The molecule has 0 aliphatic heterocycles. The highest BCUT2D eigenvalue weighted by Crippen LogP contribution is 2.23. The molecule has 0 spiro atoms. The fourth-order valence-electron chi connectivity index (χ4n) is 1.59. The molecule has 0 unspecified atom stereocenters. The van der Waals surface area contributed by atoms with Crippen LogP contribution in [0.4, 0.5) is 5.69 Å². The van der Waals surface area contributed by atoms with Gasteiger partial charge >= 0.3 is 0 Å². The number of fused-ring (bicyclic) bond motifs is 1. The Balaban J connectivity index is 2.10. The summed E-state index contributed by atoms with van der Waals surface area (Å²) in [6, 6.07) is 5.47. The molecule has 2 rings (SSSR count). The maximum Gasteiger partial charge on any atom is 0.224 e. The van der Waals surface area contributed by atoms with Crippen LogP contribution < -0.4 is 10.5 Å². The van der Waals surface area contributed by atoms with E-state index in [1.54, 1.807) is 6.07 Å². The number of nitrogens with zero attached hydrogens (tertiary/aromatic N) is 2. The van der Waals surface area contributed by atoms with Crippen molar-refractivity contribution in [2.75, 3.05) is 18.9 Å². The third kappa shape index (κ3) is 3.07. The number of aromatic nitrogens is 2. The Morgan fingerprint density at radius 1 is 1.22 bits per heavy atom. The van der Waals surface area contributed by atoms with Gasteiger partial charge in [0.25, 0.3) is 0 Å². The van der Waals surface area contributed by atoms with Crippen molar-refractivity contribution in [3.63, 3.8) is 0 Å². The minimum atomic E-state index is 0.200. The number of hydrogen-bond acceptors (Lipinski definition) is 5. The van der Waals surface area contributed by atoms with Gasteiger partial charge in [0.05, 0.1) is 23.6 Å². The first kappa shape index (κ1) is 12.6. The summed E-state index contributed by atoms with van der Waals surface area (Å²) in [5.74, 6) is 0.541. The highest BCUT2D eigenvalue weighted by atomic mass is 16.5. The Kier molecular flexibility index (Phi) is 3.94. The average Bonchev–Trinajstić information content (AvgIpc) is 2.34. The molecule has 0 saturated carbocycles. The molecule has 1 aromatic heterocycles. The average molecular weight is 247 g/mol. The fraction of sp³-hybridized carbons (Fsp3) is 0.385. The Hall–Kier alpha value is -1.88. The summed E-state index contributed by atoms with van der Waals surface area (Å²) in [5.41, 5.74) is 7.24. The van der Waals surface area contributed by atoms with Crippen molar-refractivity contribution in [1.29, 1.82) is 0 Å². The van der Waals surface area contributed by atoms with Gasteiger partial charge < -0.3 is 15.2 Å². The quantitative estimate of drug-likeness (QED) is 0.646. The zero-order valence-electron chi connectivity index (χ0n) is 10.6. The highest BCUT2D eigenvalue weighted by Gasteiger charge is 2.05. The maximum atomic E-state index is 5.75. The molecule has 1 heterocycles. The van der Waals surface area contributed by atoms with Gasteiger partial charge in [-0.2, -0.15) is 0 Å². The predicted molar refractivity (Wildman–Crippen MR) is 70.5 cm³/mol. The molecule has 2 aromatic rings. The van der Waals surface area contributed by atoms with Crippen molar-refractivity contribution in [1.82, 2.24) is 9.97 Å². The minimum absolute atomic E-state index is 0.200. The lowest BCUT2D eigenvalue weighted by Gasteiger charge is -2.10. The summed E-state index contributed by atoms with van der Waals surface area (Å²) in [5, 5.41) is 0.821. The van der Waals surface area contributed by atoms with Gasteiger partial charge in [0.15, 0.2) is 0 Å². The Morgan fingerprint density at radius 2 is 2.06 bits per heavy atom. The lowest BCUT2D eigenvalue weighted by Crippen LogP contribution is -2.12. The summed E-state index contributed by atoms with van der Waals surface area (Å²) in [4.78, 5) is 8.28. The molecule has 18 heavy (non-hydrogen) atoms. The first-order valence-electron chi connectivity index (χ1n) is 5.91. The molecule has 0 aliphatic rings. The van der Waals surface area contributed by atoms with Gasteiger partial charge in [0, 0.05) is 5.69 Å². The molecule has 0 radical (unpaired) electrons. The van der Waals surface area contributed by atoms with Crippen LogP contribution in [-0.4, -0.2) is 29.3 Å². The smallest absolute Gasteiger partial charge is 0.224 e. The van der Waals surface area contributed by atoms with E-state index in [0.717, 1.165) is 10.9 Å². The minimum Gasteiger partial charge on any atom is -0.475 e. The lowest BCUT2D eigenvalue weighted by molar-refractivity contribution is 0.0546. The van der Waals surface area contributed by atoms with Crippen molar-refractivity contribution < 1.29 is 9.47 Å². The zero-order valence-corrected chi connectivity index (χ0v) is 10.6. The molecule has 96 valence electrons. The predicted octanol–water partition coefficient (Wildman–Crippen LogP) is 2.02. The third-order valence-corrected chi connectivity index (χ3v) is 2.40. The largest absolute Gasteiger partial charge is 0.475 e. The lowest BCUT2D eigenvalue weighted by atomic mass is 10.2. The van der Waals surface area contributed by atoms with Crippen LogP contribution in [0.2, 0.25) is 0 Å². The van der Waals surface area contributed by atoms with Gasteiger partial charge in [0.2, 0.25) is 5.88 Å². The number of nitrogens with two attached hydrogens (primary N) is 1. The van der Waals surface area contributed by atoms with E-state index in [4.69, 9.17) is 15.2 Å². The topological polar surface area (TPSA) is 70.3 Å². The summed E-state index contributed by atoms with van der Waals surface area (Å²) >= 11 is 0. The number of anilines is 1. The Morgan fingerprint density at radius 3 is 2.83 bits per heavy atom. The molecule has 0 fully saturated rings. The fourth-order valence-corrected chi connectivity index (χ4v) is 1.59. The number of ether oxygens (including phenoxy) is 2. The number of nitrogen functional groups attached to an aromatic ring is 1. The van der Waals surface area contributed by atoms with Gasteiger partial charge in [-0.15, -0.1) is 0 Å². The van der Waals surface area contributed by atoms with Crippen LogP contribution in [0.15, 0.2) is 24.5 Å². The van der Waals surface area contributed by atoms with Gasteiger partial charge in [0.1, 0.15) is 12.9 Å². The van der Waals surface area contributed by atoms with Crippen LogP contribution in [0.25, 0.3) is 10.9 Å². The second kappa shape index (κ2) is 5.64. The van der Waals surface area contributed by atoms with E-state index in [0.29, 0.717) is 24.8 Å². The van der Waals surface area contributed by atoms with Crippen molar-refractivity contribution in [3.8, 4) is 5.88 Å². The van der Waals surface area contributed by atoms with Crippen LogP contribution in [-0.2, 0) is 4.74 Å². The van der Waals surface area contributed by atoms with Crippen LogP contribution >= 0.6 is 0 Å². The molecule has 0 amide bonds. The number of benzene rings is 1. The molecule has 0 bridgehead atoms. The first-order chi connectivity index (χ1) is 8.66. The van der Waals surface area contributed by atoms with Crippen LogP contribution in [0, 0.1) is 0 Å². The monoisotopic (exact) mass is 247 g/mol. The second-order valence-electron chi connectivity index (χ2n) is 4.22. The van der Waals surface area contributed by atoms with E-state index < -0.39 is 0 Å². The molecule has 2 N–H and O–H groups in total. The van der Waals surface area contributed by atoms with Gasteiger partial charge in [-0.05, 0) is 32.0 Å². The maximum absolute atomic E-state index is 5.75.